The first-order valence-corrected chi connectivity index (χ1v) is 14.5. The predicted octanol–water partition coefficient (Wildman–Crippen LogP) is 4.35. The molecular weight excluding hydrogens is 560 g/mol. The minimum Gasteiger partial charge on any atom is -0.493 e. The van der Waals surface area contributed by atoms with Gasteiger partial charge in [-0.15, -0.1) is 11.3 Å². The summed E-state index contributed by atoms with van der Waals surface area (Å²) in [6.45, 7) is 3.44. The fraction of sp³-hybridized carbons (Fsp3) is 0.400. The number of thiazole rings is 1. The van der Waals surface area contributed by atoms with E-state index in [-0.39, 0.29) is 23.6 Å². The van der Waals surface area contributed by atoms with Crippen LogP contribution in [0.25, 0.3) is 0 Å². The number of ether oxygens (including phenoxy) is 4. The topological polar surface area (TPSA) is 128 Å². The van der Waals surface area contributed by atoms with Crippen LogP contribution in [-0.4, -0.2) is 75.2 Å². The number of likely N-dealkylation sites (tertiary alicyclic amines) is 1. The van der Waals surface area contributed by atoms with Gasteiger partial charge in [0.25, 0.3) is 11.8 Å². The highest BCUT2D eigenvalue weighted by atomic mass is 32.1. The Hall–Kier alpha value is -4.32. The van der Waals surface area contributed by atoms with E-state index in [1.54, 1.807) is 40.6 Å². The molecule has 1 aliphatic rings. The van der Waals surface area contributed by atoms with Crippen LogP contribution in [0.3, 0.4) is 0 Å². The highest BCUT2D eigenvalue weighted by molar-refractivity contribution is 7.09. The van der Waals surface area contributed by atoms with Crippen LogP contribution in [0, 0.1) is 0 Å². The minimum atomic E-state index is -0.224. The molecule has 3 aromatic rings. The first kappa shape index (κ1) is 30.6. The van der Waals surface area contributed by atoms with Crippen LogP contribution < -0.4 is 29.6 Å². The summed E-state index contributed by atoms with van der Waals surface area (Å²) >= 11 is 1.47. The third-order valence-corrected chi connectivity index (χ3v) is 7.86. The average molecular weight is 597 g/mol. The minimum absolute atomic E-state index is 0.130. The smallest absolute Gasteiger partial charge is 0.270 e. The Balaban J connectivity index is 1.23. The van der Waals surface area contributed by atoms with Gasteiger partial charge in [0.2, 0.25) is 11.7 Å². The Morgan fingerprint density at radius 3 is 2.48 bits per heavy atom. The van der Waals surface area contributed by atoms with E-state index >= 15 is 0 Å². The highest BCUT2D eigenvalue weighted by Gasteiger charge is 2.30. The lowest BCUT2D eigenvalue weighted by Crippen LogP contribution is -2.38. The van der Waals surface area contributed by atoms with E-state index in [4.69, 9.17) is 18.9 Å². The maximum absolute atomic E-state index is 13.3. The summed E-state index contributed by atoms with van der Waals surface area (Å²) in [6, 6.07) is 10.6. The van der Waals surface area contributed by atoms with E-state index in [1.165, 1.54) is 39.6 Å². The van der Waals surface area contributed by atoms with Crippen molar-refractivity contribution in [3.05, 3.63) is 58.0 Å². The molecular formula is C30H36N4O7S. The predicted molar refractivity (Wildman–Crippen MR) is 159 cm³/mol. The molecule has 0 saturated carbocycles. The number of hydrogen-bond donors (Lipinski definition) is 2. The summed E-state index contributed by atoms with van der Waals surface area (Å²) in [5, 5.41) is 8.29. The Morgan fingerprint density at radius 1 is 1.02 bits per heavy atom. The van der Waals surface area contributed by atoms with E-state index in [0.29, 0.717) is 72.6 Å². The number of hydrogen-bond acceptors (Lipinski definition) is 9. The van der Waals surface area contributed by atoms with Crippen molar-refractivity contribution >= 4 is 34.7 Å². The number of carbonyl (C=O) groups excluding carboxylic acids is 3. The van der Waals surface area contributed by atoms with E-state index in [1.807, 2.05) is 6.07 Å². The molecule has 0 radical (unpaired) electrons. The van der Waals surface area contributed by atoms with Gasteiger partial charge in [0, 0.05) is 49.6 Å². The molecule has 2 N–H and O–H groups in total. The molecule has 42 heavy (non-hydrogen) atoms. The lowest BCUT2D eigenvalue weighted by molar-refractivity contribution is -0.114. The monoisotopic (exact) mass is 596 g/mol. The Kier molecular flexibility index (Phi) is 10.6. The summed E-state index contributed by atoms with van der Waals surface area (Å²) in [7, 11) is 4.54. The van der Waals surface area contributed by atoms with Gasteiger partial charge in [-0.2, -0.15) is 0 Å². The van der Waals surface area contributed by atoms with Gasteiger partial charge in [0.15, 0.2) is 11.5 Å². The van der Waals surface area contributed by atoms with Crippen LogP contribution in [0.15, 0.2) is 41.8 Å². The summed E-state index contributed by atoms with van der Waals surface area (Å²) in [5.41, 5.74) is 1.49. The molecule has 1 saturated heterocycles. The summed E-state index contributed by atoms with van der Waals surface area (Å²) in [5.74, 6) is 1.55. The van der Waals surface area contributed by atoms with Crippen molar-refractivity contribution in [1.29, 1.82) is 0 Å². The molecule has 4 rings (SSSR count). The quantitative estimate of drug-likeness (QED) is 0.296. The van der Waals surface area contributed by atoms with Crippen molar-refractivity contribution in [2.75, 3.05) is 52.9 Å². The van der Waals surface area contributed by atoms with Gasteiger partial charge in [0.1, 0.15) is 11.4 Å². The zero-order chi connectivity index (χ0) is 30.1. The second-order valence-electron chi connectivity index (χ2n) is 9.69. The Labute approximate surface area is 249 Å². The van der Waals surface area contributed by atoms with Gasteiger partial charge in [-0.25, -0.2) is 4.98 Å². The molecule has 1 fully saturated rings. The standard InChI is InChI=1S/C30H36N4O7S/c1-19(35)32-21-7-5-8-22(17-21)41-16-6-13-31-28(36)24-18-42-29(33-24)20-11-14-34(15-12-20)30(37)23-9-10-25(38-2)27(40-4)26(23)39-3/h5,7-10,17-18,20H,6,11-16H2,1-4H3,(H,31,36)(H,32,35). The number of carbonyl (C=O) groups is 3. The van der Waals surface area contributed by atoms with Gasteiger partial charge in [-0.1, -0.05) is 6.07 Å². The number of anilines is 1. The molecule has 0 unspecified atom stereocenters. The highest BCUT2D eigenvalue weighted by Crippen LogP contribution is 2.41. The van der Waals surface area contributed by atoms with Crippen molar-refractivity contribution in [3.8, 4) is 23.0 Å². The number of rotatable bonds is 12. The zero-order valence-electron chi connectivity index (χ0n) is 24.2. The number of methoxy groups -OCH3 is 3. The van der Waals surface area contributed by atoms with Crippen molar-refractivity contribution in [2.24, 2.45) is 0 Å². The molecule has 224 valence electrons. The first-order chi connectivity index (χ1) is 20.3. The largest absolute Gasteiger partial charge is 0.493 e. The SMILES string of the molecule is COc1ccc(C(=O)N2CCC(c3nc(C(=O)NCCCOc4cccc(NC(C)=O)c4)cs3)CC2)c(OC)c1OC. The van der Waals surface area contributed by atoms with E-state index in [9.17, 15) is 14.4 Å². The van der Waals surface area contributed by atoms with Gasteiger partial charge in [0.05, 0.1) is 38.5 Å². The van der Waals surface area contributed by atoms with Crippen LogP contribution in [0.2, 0.25) is 0 Å². The van der Waals surface area contributed by atoms with Crippen molar-refractivity contribution in [2.45, 2.75) is 32.1 Å². The molecule has 1 aliphatic heterocycles. The third-order valence-electron chi connectivity index (χ3n) is 6.85. The lowest BCUT2D eigenvalue weighted by atomic mass is 9.97. The van der Waals surface area contributed by atoms with E-state index in [2.05, 4.69) is 15.6 Å². The van der Waals surface area contributed by atoms with Crippen LogP contribution >= 0.6 is 11.3 Å². The van der Waals surface area contributed by atoms with E-state index in [0.717, 1.165) is 17.8 Å². The third kappa shape index (κ3) is 7.49. The molecule has 0 atom stereocenters. The fourth-order valence-electron chi connectivity index (χ4n) is 4.77. The molecule has 3 amide bonds. The number of piperidine rings is 1. The maximum atomic E-state index is 13.3. The molecule has 0 aliphatic carbocycles. The van der Waals surface area contributed by atoms with Gasteiger partial charge in [-0.05, 0) is 43.5 Å². The van der Waals surface area contributed by atoms with Gasteiger partial charge >= 0.3 is 0 Å². The second kappa shape index (κ2) is 14.5. The van der Waals surface area contributed by atoms with Crippen molar-refractivity contribution in [3.63, 3.8) is 0 Å². The van der Waals surface area contributed by atoms with E-state index < -0.39 is 0 Å². The molecule has 2 heterocycles. The van der Waals surface area contributed by atoms with Crippen molar-refractivity contribution < 1.29 is 33.3 Å². The van der Waals surface area contributed by atoms with Crippen molar-refractivity contribution in [1.82, 2.24) is 15.2 Å². The number of nitrogens with one attached hydrogen (secondary N) is 2. The number of nitrogens with zero attached hydrogens (tertiary/aromatic N) is 2. The van der Waals surface area contributed by atoms with Crippen LogP contribution in [-0.2, 0) is 4.79 Å². The first-order valence-electron chi connectivity index (χ1n) is 13.7. The molecule has 11 nitrogen and oxygen atoms in total. The molecule has 12 heteroatoms. The Morgan fingerprint density at radius 2 is 1.79 bits per heavy atom. The number of aromatic nitrogens is 1. The Bertz CT molecular complexity index is 1400. The average Bonchev–Trinajstić information content (AvgIpc) is 3.50. The number of amides is 3. The molecule has 0 spiro atoms. The van der Waals surface area contributed by atoms with Crippen LogP contribution in [0.4, 0.5) is 5.69 Å². The lowest BCUT2D eigenvalue weighted by Gasteiger charge is -2.31. The zero-order valence-corrected chi connectivity index (χ0v) is 25.0. The fourth-order valence-corrected chi connectivity index (χ4v) is 5.74. The maximum Gasteiger partial charge on any atom is 0.270 e. The van der Waals surface area contributed by atoms with Crippen LogP contribution in [0.1, 0.15) is 58.0 Å². The normalized spacial score (nSPS) is 13.3. The van der Waals surface area contributed by atoms with Gasteiger partial charge in [-0.3, -0.25) is 14.4 Å². The number of benzene rings is 2. The second-order valence-corrected chi connectivity index (χ2v) is 10.6. The van der Waals surface area contributed by atoms with Gasteiger partial charge < -0.3 is 34.5 Å². The summed E-state index contributed by atoms with van der Waals surface area (Å²) < 4.78 is 22.0. The van der Waals surface area contributed by atoms with Crippen LogP contribution in [0.5, 0.6) is 23.0 Å². The summed E-state index contributed by atoms with van der Waals surface area (Å²) in [6.07, 6.45) is 2.11. The molecule has 1 aromatic heterocycles. The molecule has 0 bridgehead atoms. The summed E-state index contributed by atoms with van der Waals surface area (Å²) in [4.78, 5) is 43.6. The molecule has 2 aromatic carbocycles.